The predicted molar refractivity (Wildman–Crippen MR) is 53.8 cm³/mol. The lowest BCUT2D eigenvalue weighted by atomic mass is 10.2. The van der Waals surface area contributed by atoms with E-state index in [1.807, 2.05) is 0 Å². The minimum atomic E-state index is -0.743. The van der Waals surface area contributed by atoms with Crippen molar-refractivity contribution in [3.05, 3.63) is 45.2 Å². The molecule has 0 aliphatic carbocycles. The first-order chi connectivity index (χ1) is 7.24. The summed E-state index contributed by atoms with van der Waals surface area (Å²) < 4.78 is 5.75. The van der Waals surface area contributed by atoms with E-state index < -0.39 is 11.4 Å². The molecule has 1 aromatic heterocycles. The molecule has 0 unspecified atom stereocenters. The van der Waals surface area contributed by atoms with Gasteiger partial charge in [-0.2, -0.15) is 0 Å². The first-order valence-corrected chi connectivity index (χ1v) is 4.47. The van der Waals surface area contributed by atoms with E-state index in [1.54, 1.807) is 24.3 Å². The molecule has 1 heterocycles. The van der Waals surface area contributed by atoms with E-state index in [-0.39, 0.29) is 13.2 Å². The van der Waals surface area contributed by atoms with Gasteiger partial charge in [0.1, 0.15) is 0 Å². The summed E-state index contributed by atoms with van der Waals surface area (Å²) in [4.78, 5) is 22.6. The highest BCUT2D eigenvalue weighted by atomic mass is 16.4. The van der Waals surface area contributed by atoms with E-state index >= 15 is 0 Å². The highest BCUT2D eigenvalue weighted by molar-refractivity contribution is 5.77. The average Bonchev–Trinajstić information content (AvgIpc) is 2.24. The molecule has 0 aliphatic heterocycles. The second-order valence-electron chi connectivity index (χ2n) is 3.05. The molecule has 1 N–H and O–H groups in total. The SMILES string of the molecule is O=c1oc(=O)n(CCO)c2ccccc12. The van der Waals surface area contributed by atoms with Crippen LogP contribution in [0.4, 0.5) is 0 Å². The number of hydrogen-bond donors (Lipinski definition) is 1. The summed E-state index contributed by atoms with van der Waals surface area (Å²) >= 11 is 0. The van der Waals surface area contributed by atoms with Gasteiger partial charge in [0.2, 0.25) is 0 Å². The van der Waals surface area contributed by atoms with Crippen molar-refractivity contribution in [3.8, 4) is 0 Å². The molecule has 2 aromatic rings. The van der Waals surface area contributed by atoms with E-state index in [0.29, 0.717) is 10.9 Å². The van der Waals surface area contributed by atoms with Gasteiger partial charge in [0, 0.05) is 0 Å². The molecule has 2 rings (SSSR count). The monoisotopic (exact) mass is 207 g/mol. The Morgan fingerprint density at radius 2 is 2.00 bits per heavy atom. The Balaban J connectivity index is 2.90. The lowest BCUT2D eigenvalue weighted by molar-refractivity contribution is 0.267. The van der Waals surface area contributed by atoms with Gasteiger partial charge in [0.05, 0.1) is 24.1 Å². The van der Waals surface area contributed by atoms with Gasteiger partial charge in [-0.3, -0.25) is 4.57 Å². The molecule has 0 amide bonds. The number of benzene rings is 1. The molecule has 0 atom stereocenters. The van der Waals surface area contributed by atoms with Crippen molar-refractivity contribution >= 4 is 10.9 Å². The van der Waals surface area contributed by atoms with Gasteiger partial charge in [-0.05, 0) is 12.1 Å². The van der Waals surface area contributed by atoms with Crippen molar-refractivity contribution in [2.75, 3.05) is 6.61 Å². The Kier molecular flexibility index (Phi) is 2.39. The maximum atomic E-state index is 11.3. The number of para-hydroxylation sites is 1. The fraction of sp³-hybridized carbons (Fsp3) is 0.200. The van der Waals surface area contributed by atoms with Crippen molar-refractivity contribution in [1.82, 2.24) is 4.57 Å². The minimum Gasteiger partial charge on any atom is -0.395 e. The summed E-state index contributed by atoms with van der Waals surface area (Å²) in [6, 6.07) is 6.62. The molecule has 0 fully saturated rings. The highest BCUT2D eigenvalue weighted by Crippen LogP contribution is 2.06. The Hall–Kier alpha value is -1.88. The Labute approximate surface area is 84.2 Å². The Bertz CT molecular complexity index is 596. The molecular formula is C10H9NO4. The molecule has 0 aliphatic rings. The third-order valence-electron chi connectivity index (χ3n) is 2.14. The van der Waals surface area contributed by atoms with E-state index in [1.165, 1.54) is 4.57 Å². The van der Waals surface area contributed by atoms with Gasteiger partial charge < -0.3 is 9.52 Å². The molecule has 5 heteroatoms. The van der Waals surface area contributed by atoms with Crippen LogP contribution < -0.4 is 11.4 Å². The summed E-state index contributed by atoms with van der Waals surface area (Å²) in [5.74, 6) is -0.743. The van der Waals surface area contributed by atoms with Crippen LogP contribution in [0.15, 0.2) is 38.3 Å². The third kappa shape index (κ3) is 1.57. The van der Waals surface area contributed by atoms with Crippen molar-refractivity contribution in [2.24, 2.45) is 0 Å². The fourth-order valence-electron chi connectivity index (χ4n) is 1.48. The summed E-state index contributed by atoms with van der Waals surface area (Å²) in [6.45, 7) is -0.0687. The molecule has 15 heavy (non-hydrogen) atoms. The summed E-state index contributed by atoms with van der Waals surface area (Å²) in [7, 11) is 0. The van der Waals surface area contributed by atoms with E-state index in [2.05, 4.69) is 4.42 Å². The van der Waals surface area contributed by atoms with Gasteiger partial charge in [-0.1, -0.05) is 12.1 Å². The fourth-order valence-corrected chi connectivity index (χ4v) is 1.48. The number of aliphatic hydroxyl groups is 1. The molecule has 0 radical (unpaired) electrons. The summed E-state index contributed by atoms with van der Waals surface area (Å²) in [5.41, 5.74) is -0.169. The number of rotatable bonds is 2. The van der Waals surface area contributed by atoms with Gasteiger partial charge in [0.25, 0.3) is 0 Å². The van der Waals surface area contributed by atoms with Gasteiger partial charge in [-0.25, -0.2) is 9.59 Å². The van der Waals surface area contributed by atoms with Gasteiger partial charge in [-0.15, -0.1) is 0 Å². The number of nitrogens with zero attached hydrogens (tertiary/aromatic N) is 1. The van der Waals surface area contributed by atoms with E-state index in [0.717, 1.165) is 0 Å². The van der Waals surface area contributed by atoms with Crippen LogP contribution in [0.1, 0.15) is 0 Å². The Morgan fingerprint density at radius 1 is 1.27 bits per heavy atom. The van der Waals surface area contributed by atoms with Crippen LogP contribution in [-0.4, -0.2) is 16.3 Å². The standard InChI is InChI=1S/C10H9NO4/c12-6-5-11-8-4-2-1-3-7(8)9(13)15-10(11)14/h1-4,12H,5-6H2. The largest absolute Gasteiger partial charge is 0.422 e. The normalized spacial score (nSPS) is 10.7. The zero-order valence-corrected chi connectivity index (χ0v) is 7.84. The Morgan fingerprint density at radius 3 is 2.73 bits per heavy atom. The van der Waals surface area contributed by atoms with Crippen molar-refractivity contribution in [3.63, 3.8) is 0 Å². The molecule has 78 valence electrons. The molecular weight excluding hydrogens is 198 g/mol. The third-order valence-corrected chi connectivity index (χ3v) is 2.14. The number of fused-ring (bicyclic) bond motifs is 1. The van der Waals surface area contributed by atoms with Crippen molar-refractivity contribution in [2.45, 2.75) is 6.54 Å². The number of aromatic nitrogens is 1. The topological polar surface area (TPSA) is 72.4 Å². The maximum absolute atomic E-state index is 11.3. The number of hydrogen-bond acceptors (Lipinski definition) is 4. The average molecular weight is 207 g/mol. The molecule has 1 aromatic carbocycles. The van der Waals surface area contributed by atoms with Gasteiger partial charge >= 0.3 is 11.4 Å². The molecule has 0 bridgehead atoms. The summed E-state index contributed by atoms with van der Waals surface area (Å²) in [6.07, 6.45) is 0. The first-order valence-electron chi connectivity index (χ1n) is 4.47. The van der Waals surface area contributed by atoms with Crippen LogP contribution in [0.5, 0.6) is 0 Å². The van der Waals surface area contributed by atoms with Crippen LogP contribution >= 0.6 is 0 Å². The number of aliphatic hydroxyl groups excluding tert-OH is 1. The van der Waals surface area contributed by atoms with Crippen LogP contribution in [0, 0.1) is 0 Å². The highest BCUT2D eigenvalue weighted by Gasteiger charge is 2.07. The van der Waals surface area contributed by atoms with Crippen LogP contribution in [0.2, 0.25) is 0 Å². The second-order valence-corrected chi connectivity index (χ2v) is 3.05. The lowest BCUT2D eigenvalue weighted by Crippen LogP contribution is -2.26. The molecule has 0 saturated heterocycles. The lowest BCUT2D eigenvalue weighted by Gasteiger charge is -2.05. The second kappa shape index (κ2) is 3.70. The quantitative estimate of drug-likeness (QED) is 0.749. The smallest absolute Gasteiger partial charge is 0.395 e. The van der Waals surface area contributed by atoms with Gasteiger partial charge in [0.15, 0.2) is 0 Å². The van der Waals surface area contributed by atoms with Crippen LogP contribution in [0.3, 0.4) is 0 Å². The van der Waals surface area contributed by atoms with Crippen molar-refractivity contribution < 1.29 is 9.52 Å². The zero-order valence-electron chi connectivity index (χ0n) is 7.84. The first kappa shape index (κ1) is 9.67. The minimum absolute atomic E-state index is 0.114. The molecule has 0 spiro atoms. The molecule has 0 saturated carbocycles. The van der Waals surface area contributed by atoms with E-state index in [9.17, 15) is 9.59 Å². The zero-order chi connectivity index (χ0) is 10.8. The van der Waals surface area contributed by atoms with Crippen LogP contribution in [0.25, 0.3) is 10.9 Å². The van der Waals surface area contributed by atoms with Crippen LogP contribution in [-0.2, 0) is 6.54 Å². The van der Waals surface area contributed by atoms with Crippen molar-refractivity contribution in [1.29, 1.82) is 0 Å². The van der Waals surface area contributed by atoms with E-state index in [4.69, 9.17) is 5.11 Å². The maximum Gasteiger partial charge on any atom is 0.422 e. The summed E-state index contributed by atoms with van der Waals surface area (Å²) in [5, 5.41) is 9.13. The predicted octanol–water partition coefficient (Wildman–Crippen LogP) is -0.0530. The molecule has 5 nitrogen and oxygen atoms in total.